The van der Waals surface area contributed by atoms with Crippen molar-refractivity contribution in [3.63, 3.8) is 0 Å². The maximum atomic E-state index is 13.0. The van der Waals surface area contributed by atoms with Gasteiger partial charge in [-0.25, -0.2) is 0 Å². The van der Waals surface area contributed by atoms with Gasteiger partial charge in [0.25, 0.3) is 0 Å². The van der Waals surface area contributed by atoms with Gasteiger partial charge in [-0.05, 0) is 51.4 Å². The van der Waals surface area contributed by atoms with Crippen LogP contribution in [-0.4, -0.2) is 37.2 Å². The SMILES string of the molecule is CCCCC/C=C\C/C=C\CCCCCCCC(=O)OCC(COC(=O)CCCCCCCCCCCCCCCCCCCCCCCCCC)OC(=O)CCCCCCCCCCCCCCCCCCCCCCCCC. The molecule has 0 saturated carbocycles. The molecule has 1 atom stereocenters. The van der Waals surface area contributed by atoms with Gasteiger partial charge in [0.15, 0.2) is 6.10 Å². The van der Waals surface area contributed by atoms with E-state index in [0.29, 0.717) is 19.3 Å². The number of hydrogen-bond acceptors (Lipinski definition) is 6. The van der Waals surface area contributed by atoms with Crippen LogP contribution in [0.5, 0.6) is 0 Å². The molecule has 1 unspecified atom stereocenters. The molecule has 0 aliphatic carbocycles. The second kappa shape index (κ2) is 69.4. The smallest absolute Gasteiger partial charge is 0.306 e. The maximum Gasteiger partial charge on any atom is 0.306 e. The molecular weight excluding hydrogens is 985 g/mol. The lowest BCUT2D eigenvalue weighted by Crippen LogP contribution is -2.30. The van der Waals surface area contributed by atoms with Crippen LogP contribution in [-0.2, 0) is 28.6 Å². The standard InChI is InChI=1S/C74H140O6/c1-4-7-10-13-16-19-22-25-28-30-32-34-36-38-39-41-43-46-49-52-55-58-61-64-67-73(76)79-70-71(69-78-72(75)66-63-60-57-54-51-48-45-27-24-21-18-15-12-9-6-3)80-74(77)68-65-62-59-56-53-50-47-44-42-40-37-35-33-31-29-26-23-20-17-14-11-8-5-2/h18,21,27,45,71H,4-17,19-20,22-26,28-44,46-70H2,1-3H3/b21-18-,45-27-. The Morgan fingerprint density at radius 1 is 0.250 bits per heavy atom. The van der Waals surface area contributed by atoms with E-state index in [9.17, 15) is 14.4 Å². The van der Waals surface area contributed by atoms with Crippen LogP contribution >= 0.6 is 0 Å². The molecule has 0 spiro atoms. The van der Waals surface area contributed by atoms with Crippen LogP contribution in [0.25, 0.3) is 0 Å². The predicted octanol–water partition coefficient (Wildman–Crippen LogP) is 25.0. The zero-order chi connectivity index (χ0) is 57.8. The molecule has 472 valence electrons. The van der Waals surface area contributed by atoms with Gasteiger partial charge >= 0.3 is 17.9 Å². The molecule has 0 rings (SSSR count). The average Bonchev–Trinajstić information content (AvgIpc) is 3.46. The van der Waals surface area contributed by atoms with Crippen molar-refractivity contribution in [2.24, 2.45) is 0 Å². The third-order valence-corrected chi connectivity index (χ3v) is 16.7. The molecule has 0 heterocycles. The molecule has 0 radical (unpaired) electrons. The zero-order valence-corrected chi connectivity index (χ0v) is 54.4. The van der Waals surface area contributed by atoms with Gasteiger partial charge in [-0.15, -0.1) is 0 Å². The van der Waals surface area contributed by atoms with Crippen molar-refractivity contribution in [3.8, 4) is 0 Å². The molecule has 0 bridgehead atoms. The Morgan fingerprint density at radius 3 is 0.713 bits per heavy atom. The first kappa shape index (κ1) is 77.9. The van der Waals surface area contributed by atoms with Crippen molar-refractivity contribution in [2.45, 2.75) is 419 Å². The lowest BCUT2D eigenvalue weighted by molar-refractivity contribution is -0.167. The molecule has 0 N–H and O–H groups in total. The number of hydrogen-bond donors (Lipinski definition) is 0. The average molecular weight is 1130 g/mol. The van der Waals surface area contributed by atoms with Gasteiger partial charge in [0, 0.05) is 19.3 Å². The summed E-state index contributed by atoms with van der Waals surface area (Å²) < 4.78 is 17.0. The number of allylic oxidation sites excluding steroid dienone is 4. The normalized spacial score (nSPS) is 12.1. The Bertz CT molecular complexity index is 1290. The van der Waals surface area contributed by atoms with E-state index in [1.807, 2.05) is 0 Å². The summed E-state index contributed by atoms with van der Waals surface area (Å²) in [5.41, 5.74) is 0. The lowest BCUT2D eigenvalue weighted by Gasteiger charge is -2.18. The highest BCUT2D eigenvalue weighted by molar-refractivity contribution is 5.71. The summed E-state index contributed by atoms with van der Waals surface area (Å²) in [5.74, 6) is -0.849. The highest BCUT2D eigenvalue weighted by atomic mass is 16.6. The fraction of sp³-hybridized carbons (Fsp3) is 0.905. The molecular formula is C74H140O6. The number of esters is 3. The van der Waals surface area contributed by atoms with Gasteiger partial charge in [0.2, 0.25) is 0 Å². The first-order valence-electron chi connectivity index (χ1n) is 36.3. The summed E-state index contributed by atoms with van der Waals surface area (Å²) in [6.45, 7) is 6.70. The topological polar surface area (TPSA) is 78.9 Å². The first-order chi connectivity index (χ1) is 39.5. The van der Waals surface area contributed by atoms with Crippen molar-refractivity contribution in [3.05, 3.63) is 24.3 Å². The van der Waals surface area contributed by atoms with Gasteiger partial charge < -0.3 is 14.2 Å². The van der Waals surface area contributed by atoms with E-state index in [2.05, 4.69) is 45.1 Å². The van der Waals surface area contributed by atoms with Crippen molar-refractivity contribution < 1.29 is 28.6 Å². The number of carbonyl (C=O) groups excluding carboxylic acids is 3. The minimum absolute atomic E-state index is 0.0691. The molecule has 0 amide bonds. The Labute approximate surface area is 500 Å². The van der Waals surface area contributed by atoms with Crippen LogP contribution in [0.1, 0.15) is 412 Å². The molecule has 0 fully saturated rings. The third kappa shape index (κ3) is 66.7. The van der Waals surface area contributed by atoms with Crippen LogP contribution in [0.15, 0.2) is 24.3 Å². The summed E-state index contributed by atoms with van der Waals surface area (Å²) in [7, 11) is 0. The quantitative estimate of drug-likeness (QED) is 0.0261. The summed E-state index contributed by atoms with van der Waals surface area (Å²) in [5, 5.41) is 0. The molecule has 0 aromatic rings. The molecule has 6 heteroatoms. The number of ether oxygens (including phenoxy) is 3. The van der Waals surface area contributed by atoms with Crippen LogP contribution in [0.2, 0.25) is 0 Å². The van der Waals surface area contributed by atoms with E-state index in [1.165, 1.54) is 295 Å². The number of unbranched alkanes of at least 4 members (excludes halogenated alkanes) is 53. The minimum atomic E-state index is -0.774. The Balaban J connectivity index is 4.25. The van der Waals surface area contributed by atoms with E-state index in [0.717, 1.165) is 77.0 Å². The van der Waals surface area contributed by atoms with Crippen molar-refractivity contribution >= 4 is 17.9 Å². The molecule has 6 nitrogen and oxygen atoms in total. The first-order valence-corrected chi connectivity index (χ1v) is 36.3. The summed E-state index contributed by atoms with van der Waals surface area (Å²) in [4.78, 5) is 38.5. The van der Waals surface area contributed by atoms with Gasteiger partial charge in [-0.1, -0.05) is 366 Å². The van der Waals surface area contributed by atoms with Crippen LogP contribution in [0, 0.1) is 0 Å². The summed E-state index contributed by atoms with van der Waals surface area (Å²) in [6.07, 6.45) is 85.0. The highest BCUT2D eigenvalue weighted by Gasteiger charge is 2.19. The lowest BCUT2D eigenvalue weighted by atomic mass is 10.0. The van der Waals surface area contributed by atoms with Crippen LogP contribution in [0.4, 0.5) is 0 Å². The van der Waals surface area contributed by atoms with Gasteiger partial charge in [-0.3, -0.25) is 14.4 Å². The second-order valence-electron chi connectivity index (χ2n) is 24.9. The Kier molecular flexibility index (Phi) is 67.6. The van der Waals surface area contributed by atoms with Crippen molar-refractivity contribution in [2.75, 3.05) is 13.2 Å². The van der Waals surface area contributed by atoms with Crippen LogP contribution in [0.3, 0.4) is 0 Å². The van der Waals surface area contributed by atoms with Crippen molar-refractivity contribution in [1.82, 2.24) is 0 Å². The fourth-order valence-corrected chi connectivity index (χ4v) is 11.2. The maximum absolute atomic E-state index is 13.0. The monoisotopic (exact) mass is 1130 g/mol. The highest BCUT2D eigenvalue weighted by Crippen LogP contribution is 2.19. The van der Waals surface area contributed by atoms with Gasteiger partial charge in [0.1, 0.15) is 13.2 Å². The summed E-state index contributed by atoms with van der Waals surface area (Å²) in [6, 6.07) is 0. The van der Waals surface area contributed by atoms with Gasteiger partial charge in [-0.2, -0.15) is 0 Å². The largest absolute Gasteiger partial charge is 0.462 e. The molecule has 0 aromatic heterocycles. The zero-order valence-electron chi connectivity index (χ0n) is 54.4. The van der Waals surface area contributed by atoms with E-state index in [1.54, 1.807) is 0 Å². The molecule has 0 saturated heterocycles. The van der Waals surface area contributed by atoms with E-state index >= 15 is 0 Å². The minimum Gasteiger partial charge on any atom is -0.462 e. The summed E-state index contributed by atoms with van der Waals surface area (Å²) >= 11 is 0. The van der Waals surface area contributed by atoms with E-state index < -0.39 is 6.10 Å². The number of carbonyl (C=O) groups is 3. The Hall–Kier alpha value is -2.11. The molecule has 0 aliphatic heterocycles. The molecule has 80 heavy (non-hydrogen) atoms. The molecule has 0 aromatic carbocycles. The molecule has 0 aliphatic rings. The van der Waals surface area contributed by atoms with E-state index in [-0.39, 0.29) is 31.1 Å². The fourth-order valence-electron chi connectivity index (χ4n) is 11.2. The number of rotatable bonds is 68. The Morgan fingerprint density at radius 2 is 0.450 bits per heavy atom. The second-order valence-corrected chi connectivity index (χ2v) is 24.9. The van der Waals surface area contributed by atoms with Crippen molar-refractivity contribution in [1.29, 1.82) is 0 Å². The van der Waals surface area contributed by atoms with Gasteiger partial charge in [0.05, 0.1) is 0 Å². The third-order valence-electron chi connectivity index (χ3n) is 16.7. The van der Waals surface area contributed by atoms with Crippen LogP contribution < -0.4 is 0 Å². The van der Waals surface area contributed by atoms with E-state index in [4.69, 9.17) is 14.2 Å². The predicted molar refractivity (Wildman–Crippen MR) is 349 cm³/mol.